The first-order valence-corrected chi connectivity index (χ1v) is 12.1. The zero-order valence-electron chi connectivity index (χ0n) is 21.2. The van der Waals surface area contributed by atoms with Gasteiger partial charge in [-0.15, -0.1) is 0 Å². The lowest BCUT2D eigenvalue weighted by Gasteiger charge is -2.26. The van der Waals surface area contributed by atoms with Crippen LogP contribution in [0.2, 0.25) is 0 Å². The van der Waals surface area contributed by atoms with Gasteiger partial charge in [-0.3, -0.25) is 0 Å². The van der Waals surface area contributed by atoms with E-state index >= 15 is 0 Å². The highest BCUT2D eigenvalue weighted by molar-refractivity contribution is 6.50. The number of allylic oxidation sites excluding steroid dienone is 2. The standard InChI is InChI=1S/C28H37N5/c1-8-24-19(4)18-20(5)27(32-31-21(6)23-14-12-11-13-15-23)28(24)30-25-16-17-26(29-22(25)7)33(9-2)10-3/h11-17,20H,8-10,18H2,1-7H3/b30-28?,31-21+,32-27+. The van der Waals surface area contributed by atoms with Crippen molar-refractivity contribution in [3.8, 4) is 0 Å². The molecular weight excluding hydrogens is 406 g/mol. The number of anilines is 1. The van der Waals surface area contributed by atoms with Crippen molar-refractivity contribution in [3.05, 3.63) is 64.9 Å². The smallest absolute Gasteiger partial charge is 0.128 e. The van der Waals surface area contributed by atoms with Crippen LogP contribution in [0.5, 0.6) is 0 Å². The van der Waals surface area contributed by atoms with Crippen LogP contribution in [0.25, 0.3) is 0 Å². The minimum absolute atomic E-state index is 0.259. The number of benzene rings is 1. The molecule has 0 aliphatic heterocycles. The Kier molecular flexibility index (Phi) is 8.32. The molecule has 2 aromatic rings. The Bertz CT molecular complexity index is 1090. The summed E-state index contributed by atoms with van der Waals surface area (Å²) in [5.41, 5.74) is 8.38. The lowest BCUT2D eigenvalue weighted by molar-refractivity contribution is 0.743. The molecule has 5 heteroatoms. The van der Waals surface area contributed by atoms with E-state index in [1.165, 1.54) is 11.1 Å². The van der Waals surface area contributed by atoms with E-state index in [2.05, 4.69) is 68.9 Å². The fraction of sp³-hybridized carbons (Fsp3) is 0.429. The van der Waals surface area contributed by atoms with E-state index in [9.17, 15) is 0 Å². The van der Waals surface area contributed by atoms with Gasteiger partial charge in [0.1, 0.15) is 5.82 Å². The Labute approximate surface area is 199 Å². The summed E-state index contributed by atoms with van der Waals surface area (Å²) in [6, 6.07) is 14.3. The second-order valence-electron chi connectivity index (χ2n) is 8.66. The van der Waals surface area contributed by atoms with Crippen LogP contribution < -0.4 is 4.90 Å². The lowest BCUT2D eigenvalue weighted by atomic mass is 9.81. The van der Waals surface area contributed by atoms with E-state index in [1.807, 2.05) is 32.0 Å². The molecule has 0 saturated heterocycles. The van der Waals surface area contributed by atoms with Crippen LogP contribution >= 0.6 is 0 Å². The van der Waals surface area contributed by atoms with Gasteiger partial charge in [-0.1, -0.05) is 49.8 Å². The number of pyridine rings is 1. The van der Waals surface area contributed by atoms with Gasteiger partial charge in [0.15, 0.2) is 0 Å². The van der Waals surface area contributed by atoms with Gasteiger partial charge in [0.05, 0.1) is 28.5 Å². The van der Waals surface area contributed by atoms with Crippen LogP contribution in [-0.4, -0.2) is 35.2 Å². The molecule has 174 valence electrons. The van der Waals surface area contributed by atoms with Crippen LogP contribution in [0.15, 0.2) is 68.8 Å². The minimum atomic E-state index is 0.259. The van der Waals surface area contributed by atoms with Gasteiger partial charge in [-0.25, -0.2) is 9.98 Å². The maximum atomic E-state index is 5.13. The van der Waals surface area contributed by atoms with Crippen molar-refractivity contribution in [2.45, 2.75) is 61.3 Å². The molecule has 0 amide bonds. The molecule has 0 bridgehead atoms. The molecule has 1 aromatic heterocycles. The van der Waals surface area contributed by atoms with Crippen LogP contribution in [0.3, 0.4) is 0 Å². The SMILES string of the molecule is CCC1=C(C)CC(C)/C(=N\N=C(/C)c2ccccc2)C1=Nc1ccc(N(CC)CC)nc1C. The number of nitrogens with zero attached hydrogens (tertiary/aromatic N) is 5. The average Bonchev–Trinajstić information content (AvgIpc) is 2.81. The molecule has 1 heterocycles. The summed E-state index contributed by atoms with van der Waals surface area (Å²) in [5, 5.41) is 9.38. The van der Waals surface area contributed by atoms with Crippen molar-refractivity contribution < 1.29 is 0 Å². The topological polar surface area (TPSA) is 53.2 Å². The summed E-state index contributed by atoms with van der Waals surface area (Å²) in [5.74, 6) is 1.26. The van der Waals surface area contributed by atoms with Crippen LogP contribution in [-0.2, 0) is 0 Å². The second-order valence-corrected chi connectivity index (χ2v) is 8.66. The zero-order valence-corrected chi connectivity index (χ0v) is 21.2. The molecule has 0 fully saturated rings. The lowest BCUT2D eigenvalue weighted by Crippen LogP contribution is -2.29. The van der Waals surface area contributed by atoms with Crippen molar-refractivity contribution in [2.24, 2.45) is 21.1 Å². The Morgan fingerprint density at radius 3 is 2.33 bits per heavy atom. The fourth-order valence-corrected chi connectivity index (χ4v) is 4.38. The average molecular weight is 444 g/mol. The third kappa shape index (κ3) is 5.65. The monoisotopic (exact) mass is 443 g/mol. The van der Waals surface area contributed by atoms with Gasteiger partial charge in [-0.2, -0.15) is 10.2 Å². The van der Waals surface area contributed by atoms with Crippen molar-refractivity contribution in [1.82, 2.24) is 4.98 Å². The normalized spacial score (nSPS) is 19.5. The van der Waals surface area contributed by atoms with Crippen LogP contribution in [0, 0.1) is 12.8 Å². The largest absolute Gasteiger partial charge is 0.357 e. The molecule has 0 saturated carbocycles. The van der Waals surface area contributed by atoms with Crippen LogP contribution in [0.4, 0.5) is 11.5 Å². The first-order valence-electron chi connectivity index (χ1n) is 12.1. The molecule has 33 heavy (non-hydrogen) atoms. The van der Waals surface area contributed by atoms with E-state index in [4.69, 9.17) is 15.1 Å². The maximum absolute atomic E-state index is 5.13. The molecule has 0 N–H and O–H groups in total. The molecule has 1 aromatic carbocycles. The number of rotatable bonds is 7. The third-order valence-corrected chi connectivity index (χ3v) is 6.34. The molecule has 1 atom stereocenters. The summed E-state index contributed by atoms with van der Waals surface area (Å²) < 4.78 is 0. The first kappa shape index (κ1) is 24.6. The highest BCUT2D eigenvalue weighted by Crippen LogP contribution is 2.31. The molecule has 0 radical (unpaired) electrons. The van der Waals surface area contributed by atoms with Gasteiger partial charge in [0.2, 0.25) is 0 Å². The van der Waals surface area contributed by atoms with E-state index in [0.29, 0.717) is 0 Å². The summed E-state index contributed by atoms with van der Waals surface area (Å²) in [6.45, 7) is 16.8. The predicted octanol–water partition coefficient (Wildman–Crippen LogP) is 6.94. The number of hydrogen-bond acceptors (Lipinski definition) is 5. The Hall–Kier alpha value is -3.08. The fourth-order valence-electron chi connectivity index (χ4n) is 4.38. The first-order chi connectivity index (χ1) is 15.9. The minimum Gasteiger partial charge on any atom is -0.357 e. The van der Waals surface area contributed by atoms with Gasteiger partial charge in [0, 0.05) is 19.0 Å². The zero-order chi connectivity index (χ0) is 24.0. The highest BCUT2D eigenvalue weighted by atomic mass is 15.2. The van der Waals surface area contributed by atoms with Gasteiger partial charge < -0.3 is 4.90 Å². The van der Waals surface area contributed by atoms with Crippen molar-refractivity contribution >= 4 is 28.6 Å². The molecule has 5 nitrogen and oxygen atoms in total. The number of hydrogen-bond donors (Lipinski definition) is 0. The highest BCUT2D eigenvalue weighted by Gasteiger charge is 2.27. The van der Waals surface area contributed by atoms with Crippen molar-refractivity contribution in [2.75, 3.05) is 18.0 Å². The van der Waals surface area contributed by atoms with Crippen molar-refractivity contribution in [1.29, 1.82) is 0 Å². The quantitative estimate of drug-likeness (QED) is 0.344. The Balaban J connectivity index is 2.08. The number of aryl methyl sites for hydroxylation is 1. The second kappa shape index (κ2) is 11.2. The van der Waals surface area contributed by atoms with Gasteiger partial charge in [0.25, 0.3) is 0 Å². The van der Waals surface area contributed by atoms with Crippen LogP contribution in [0.1, 0.15) is 65.6 Å². The molecule has 3 rings (SSSR count). The number of aliphatic imine (C=N–C) groups is 1. The maximum Gasteiger partial charge on any atom is 0.128 e. The van der Waals surface area contributed by atoms with E-state index in [1.54, 1.807) is 0 Å². The predicted molar refractivity (Wildman–Crippen MR) is 142 cm³/mol. The van der Waals surface area contributed by atoms with Gasteiger partial charge >= 0.3 is 0 Å². The number of aromatic nitrogens is 1. The summed E-state index contributed by atoms with van der Waals surface area (Å²) in [6.07, 6.45) is 1.90. The summed E-state index contributed by atoms with van der Waals surface area (Å²) >= 11 is 0. The molecule has 0 spiro atoms. The summed E-state index contributed by atoms with van der Waals surface area (Å²) in [7, 11) is 0. The molecule has 1 unspecified atom stereocenters. The molecule has 1 aliphatic carbocycles. The Morgan fingerprint density at radius 1 is 1.03 bits per heavy atom. The van der Waals surface area contributed by atoms with E-state index in [0.717, 1.165) is 65.8 Å². The van der Waals surface area contributed by atoms with E-state index < -0.39 is 0 Å². The van der Waals surface area contributed by atoms with E-state index in [-0.39, 0.29) is 5.92 Å². The summed E-state index contributed by atoms with van der Waals surface area (Å²) in [4.78, 5) is 12.2. The van der Waals surface area contributed by atoms with Gasteiger partial charge in [-0.05, 0) is 70.7 Å². The molecular formula is C28H37N5. The Morgan fingerprint density at radius 2 is 1.73 bits per heavy atom. The van der Waals surface area contributed by atoms with Crippen molar-refractivity contribution in [3.63, 3.8) is 0 Å². The third-order valence-electron chi connectivity index (χ3n) is 6.34. The molecule has 1 aliphatic rings.